The molecule has 2 aromatic carbocycles. The van der Waals surface area contributed by atoms with Gasteiger partial charge in [0.15, 0.2) is 0 Å². The zero-order valence-electron chi connectivity index (χ0n) is 17.9. The molecule has 0 aliphatic heterocycles. The Kier molecular flexibility index (Phi) is 10.5. The molecule has 0 bridgehead atoms. The zero-order valence-corrected chi connectivity index (χ0v) is 17.9. The van der Waals surface area contributed by atoms with Gasteiger partial charge in [0.05, 0.1) is 17.7 Å². The Hall–Kier alpha value is -2.82. The SMILES string of the molecule is CCCCCCCCCCCOc1ccc(NC(=O)c2ccccc2C(=O)O)cc1. The Balaban J connectivity index is 1.68. The molecular formula is C25H33NO4. The average molecular weight is 412 g/mol. The molecule has 1 amide bonds. The standard InChI is InChI=1S/C25H33NO4/c1-2-3-4-5-6-7-8-9-12-19-30-21-17-15-20(16-18-21)26-24(27)22-13-10-11-14-23(22)25(28)29/h10-11,13-18H,2-9,12,19H2,1H3,(H,26,27)(H,28,29). The highest BCUT2D eigenvalue weighted by Crippen LogP contribution is 2.18. The number of hydrogen-bond acceptors (Lipinski definition) is 3. The van der Waals surface area contributed by atoms with Crippen LogP contribution in [0.25, 0.3) is 0 Å². The summed E-state index contributed by atoms with van der Waals surface area (Å²) in [6, 6.07) is 13.3. The van der Waals surface area contributed by atoms with Gasteiger partial charge in [-0.3, -0.25) is 4.79 Å². The third kappa shape index (κ3) is 8.27. The van der Waals surface area contributed by atoms with Crippen molar-refractivity contribution in [1.82, 2.24) is 0 Å². The van der Waals surface area contributed by atoms with Crippen molar-refractivity contribution in [3.8, 4) is 5.75 Å². The largest absolute Gasteiger partial charge is 0.494 e. The summed E-state index contributed by atoms with van der Waals surface area (Å²) in [5, 5.41) is 11.9. The van der Waals surface area contributed by atoms with E-state index in [0.717, 1.165) is 12.2 Å². The van der Waals surface area contributed by atoms with Gasteiger partial charge in [0.25, 0.3) is 5.91 Å². The van der Waals surface area contributed by atoms with Gasteiger partial charge in [0.1, 0.15) is 5.75 Å². The Morgan fingerprint density at radius 1 is 0.800 bits per heavy atom. The number of carbonyl (C=O) groups is 2. The molecule has 0 spiro atoms. The number of ether oxygens (including phenoxy) is 1. The van der Waals surface area contributed by atoms with E-state index in [-0.39, 0.29) is 11.1 Å². The summed E-state index contributed by atoms with van der Waals surface area (Å²) in [6.07, 6.45) is 11.5. The van der Waals surface area contributed by atoms with E-state index >= 15 is 0 Å². The van der Waals surface area contributed by atoms with Gasteiger partial charge < -0.3 is 15.2 Å². The minimum atomic E-state index is -1.12. The van der Waals surface area contributed by atoms with E-state index in [1.807, 2.05) is 12.1 Å². The summed E-state index contributed by atoms with van der Waals surface area (Å²) in [5.74, 6) is -0.809. The van der Waals surface area contributed by atoms with Gasteiger partial charge in [-0.1, -0.05) is 70.4 Å². The molecular weight excluding hydrogens is 378 g/mol. The van der Waals surface area contributed by atoms with E-state index < -0.39 is 11.9 Å². The first-order chi connectivity index (χ1) is 14.6. The zero-order chi connectivity index (χ0) is 21.6. The number of nitrogens with one attached hydrogen (secondary N) is 1. The van der Waals surface area contributed by atoms with Crippen LogP contribution in [0.2, 0.25) is 0 Å². The lowest BCUT2D eigenvalue weighted by Gasteiger charge is -2.09. The molecule has 0 aromatic heterocycles. The van der Waals surface area contributed by atoms with Gasteiger partial charge in [-0.25, -0.2) is 4.79 Å². The van der Waals surface area contributed by atoms with Crippen LogP contribution in [0.15, 0.2) is 48.5 Å². The van der Waals surface area contributed by atoms with Crippen LogP contribution in [0.3, 0.4) is 0 Å². The molecule has 2 aromatic rings. The van der Waals surface area contributed by atoms with Crippen molar-refractivity contribution in [3.05, 3.63) is 59.7 Å². The van der Waals surface area contributed by atoms with Crippen LogP contribution < -0.4 is 10.1 Å². The van der Waals surface area contributed by atoms with Gasteiger partial charge in [-0.05, 0) is 42.8 Å². The second-order valence-corrected chi connectivity index (χ2v) is 7.51. The molecule has 0 radical (unpaired) electrons. The smallest absolute Gasteiger partial charge is 0.336 e. The van der Waals surface area contributed by atoms with Gasteiger partial charge in [0, 0.05) is 5.69 Å². The molecule has 0 fully saturated rings. The second-order valence-electron chi connectivity index (χ2n) is 7.51. The lowest BCUT2D eigenvalue weighted by atomic mass is 10.1. The normalized spacial score (nSPS) is 10.6. The topological polar surface area (TPSA) is 75.6 Å². The van der Waals surface area contributed by atoms with E-state index in [0.29, 0.717) is 12.3 Å². The maximum Gasteiger partial charge on any atom is 0.336 e. The molecule has 0 unspecified atom stereocenters. The highest BCUT2D eigenvalue weighted by Gasteiger charge is 2.15. The van der Waals surface area contributed by atoms with Crippen LogP contribution in [-0.4, -0.2) is 23.6 Å². The first-order valence-corrected chi connectivity index (χ1v) is 11.0. The summed E-state index contributed by atoms with van der Waals surface area (Å²) in [5.41, 5.74) is 0.710. The molecule has 0 atom stereocenters. The summed E-state index contributed by atoms with van der Waals surface area (Å²) < 4.78 is 5.77. The summed E-state index contributed by atoms with van der Waals surface area (Å²) in [7, 11) is 0. The van der Waals surface area contributed by atoms with Crippen LogP contribution in [0.1, 0.15) is 85.4 Å². The second kappa shape index (κ2) is 13.4. The van der Waals surface area contributed by atoms with Crippen molar-refractivity contribution in [1.29, 1.82) is 0 Å². The van der Waals surface area contributed by atoms with Gasteiger partial charge in [-0.2, -0.15) is 0 Å². The molecule has 5 heteroatoms. The molecule has 0 aliphatic rings. The molecule has 0 heterocycles. The number of hydrogen-bond donors (Lipinski definition) is 2. The average Bonchev–Trinajstić information content (AvgIpc) is 2.76. The maximum atomic E-state index is 12.4. The van der Waals surface area contributed by atoms with Crippen LogP contribution in [0, 0.1) is 0 Å². The fraction of sp³-hybridized carbons (Fsp3) is 0.440. The quantitative estimate of drug-likeness (QED) is 0.346. The van der Waals surface area contributed by atoms with E-state index in [1.165, 1.54) is 63.5 Å². The summed E-state index contributed by atoms with van der Waals surface area (Å²) in [6.45, 7) is 2.93. The monoisotopic (exact) mass is 411 g/mol. The summed E-state index contributed by atoms with van der Waals surface area (Å²) >= 11 is 0. The fourth-order valence-corrected chi connectivity index (χ4v) is 3.30. The highest BCUT2D eigenvalue weighted by atomic mass is 16.5. The van der Waals surface area contributed by atoms with E-state index in [1.54, 1.807) is 24.3 Å². The van der Waals surface area contributed by atoms with Crippen LogP contribution >= 0.6 is 0 Å². The third-order valence-electron chi connectivity index (χ3n) is 5.03. The molecule has 2 N–H and O–H groups in total. The molecule has 0 saturated carbocycles. The van der Waals surface area contributed by atoms with Crippen LogP contribution in [0.5, 0.6) is 5.75 Å². The number of carboxylic acid groups (broad SMARTS) is 1. The molecule has 2 rings (SSSR count). The Morgan fingerprint density at radius 2 is 1.37 bits per heavy atom. The van der Waals surface area contributed by atoms with Crippen molar-refractivity contribution >= 4 is 17.6 Å². The molecule has 0 saturated heterocycles. The number of carbonyl (C=O) groups excluding carboxylic acids is 1. The number of aromatic carboxylic acids is 1. The van der Waals surface area contributed by atoms with Crippen molar-refractivity contribution in [3.63, 3.8) is 0 Å². The van der Waals surface area contributed by atoms with Crippen LogP contribution in [-0.2, 0) is 0 Å². The van der Waals surface area contributed by atoms with Gasteiger partial charge >= 0.3 is 5.97 Å². The first-order valence-electron chi connectivity index (χ1n) is 11.0. The van der Waals surface area contributed by atoms with Crippen molar-refractivity contribution < 1.29 is 19.4 Å². The van der Waals surface area contributed by atoms with Crippen molar-refractivity contribution in [2.75, 3.05) is 11.9 Å². The van der Waals surface area contributed by atoms with Crippen molar-refractivity contribution in [2.24, 2.45) is 0 Å². The number of anilines is 1. The predicted octanol–water partition coefficient (Wildman–Crippen LogP) is 6.55. The predicted molar refractivity (Wildman–Crippen MR) is 121 cm³/mol. The third-order valence-corrected chi connectivity index (χ3v) is 5.03. The molecule has 162 valence electrons. The lowest BCUT2D eigenvalue weighted by molar-refractivity contribution is 0.0692. The number of benzene rings is 2. The van der Waals surface area contributed by atoms with Gasteiger partial charge in [0.2, 0.25) is 0 Å². The Morgan fingerprint density at radius 3 is 1.97 bits per heavy atom. The number of carboxylic acids is 1. The number of amides is 1. The fourth-order valence-electron chi connectivity index (χ4n) is 3.30. The van der Waals surface area contributed by atoms with E-state index in [2.05, 4.69) is 12.2 Å². The maximum absolute atomic E-state index is 12.4. The number of rotatable bonds is 14. The minimum absolute atomic E-state index is 0.0177. The van der Waals surface area contributed by atoms with Gasteiger partial charge in [-0.15, -0.1) is 0 Å². The molecule has 0 aliphatic carbocycles. The van der Waals surface area contributed by atoms with Crippen LogP contribution in [0.4, 0.5) is 5.69 Å². The Labute approximate surface area is 179 Å². The molecule has 30 heavy (non-hydrogen) atoms. The van der Waals surface area contributed by atoms with Crippen molar-refractivity contribution in [2.45, 2.75) is 64.7 Å². The first kappa shape index (κ1) is 23.5. The minimum Gasteiger partial charge on any atom is -0.494 e. The Bertz CT molecular complexity index is 786. The lowest BCUT2D eigenvalue weighted by Crippen LogP contribution is -2.16. The van der Waals surface area contributed by atoms with E-state index in [9.17, 15) is 14.7 Å². The molecule has 5 nitrogen and oxygen atoms in total. The van der Waals surface area contributed by atoms with E-state index in [4.69, 9.17) is 4.74 Å². The summed E-state index contributed by atoms with van der Waals surface area (Å²) in [4.78, 5) is 23.7. The highest BCUT2D eigenvalue weighted by molar-refractivity contribution is 6.10. The number of unbranched alkanes of at least 4 members (excludes halogenated alkanes) is 8.